The third-order valence-corrected chi connectivity index (χ3v) is 6.44. The minimum atomic E-state index is 0.854. The Labute approximate surface area is 141 Å². The van der Waals surface area contributed by atoms with E-state index in [9.17, 15) is 0 Å². The maximum atomic E-state index is 2.57. The zero-order valence-electron chi connectivity index (χ0n) is 16.7. The van der Waals surface area contributed by atoms with Gasteiger partial charge in [0, 0.05) is 0 Å². The van der Waals surface area contributed by atoms with Gasteiger partial charge in [0.15, 0.2) is 0 Å². The summed E-state index contributed by atoms with van der Waals surface area (Å²) in [6.45, 7) is 17.1. The van der Waals surface area contributed by atoms with E-state index in [-0.39, 0.29) is 0 Å². The van der Waals surface area contributed by atoms with Crippen molar-refractivity contribution in [3.8, 4) is 0 Å². The van der Waals surface area contributed by atoms with Crippen molar-refractivity contribution in [3.63, 3.8) is 0 Å². The highest BCUT2D eigenvalue weighted by Crippen LogP contribution is 2.51. The molecular formula is C22H44. The zero-order valence-corrected chi connectivity index (χ0v) is 16.7. The second kappa shape index (κ2) is 9.99. The Morgan fingerprint density at radius 3 is 2.14 bits per heavy atom. The van der Waals surface area contributed by atoms with Crippen LogP contribution in [0.3, 0.4) is 0 Å². The van der Waals surface area contributed by atoms with E-state index in [4.69, 9.17) is 0 Å². The minimum absolute atomic E-state index is 0.854. The molecule has 0 spiro atoms. The molecule has 0 aliphatic heterocycles. The Bertz CT molecular complexity index is 280. The van der Waals surface area contributed by atoms with Gasteiger partial charge in [0.25, 0.3) is 0 Å². The first-order chi connectivity index (χ1) is 10.4. The predicted octanol–water partition coefficient (Wildman–Crippen LogP) is 7.57. The summed E-state index contributed by atoms with van der Waals surface area (Å²) in [5.74, 6) is 6.71. The minimum Gasteiger partial charge on any atom is -0.0654 e. The quantitative estimate of drug-likeness (QED) is 0.345. The van der Waals surface area contributed by atoms with Crippen molar-refractivity contribution < 1.29 is 0 Å². The third-order valence-electron chi connectivity index (χ3n) is 6.44. The first kappa shape index (κ1) is 20.0. The maximum absolute atomic E-state index is 2.57. The van der Waals surface area contributed by atoms with E-state index in [2.05, 4.69) is 48.5 Å². The molecular weight excluding hydrogens is 264 g/mol. The predicted molar refractivity (Wildman–Crippen MR) is 101 cm³/mol. The molecule has 0 radical (unpaired) electrons. The van der Waals surface area contributed by atoms with Crippen LogP contribution in [-0.2, 0) is 0 Å². The molecule has 6 unspecified atom stereocenters. The Morgan fingerprint density at radius 1 is 0.955 bits per heavy atom. The van der Waals surface area contributed by atoms with Gasteiger partial charge in [-0.05, 0) is 60.7 Å². The summed E-state index contributed by atoms with van der Waals surface area (Å²) in [6.07, 6.45) is 11.5. The fourth-order valence-electron chi connectivity index (χ4n) is 5.34. The van der Waals surface area contributed by atoms with E-state index in [1.54, 1.807) is 0 Å². The fraction of sp³-hybridized carbons (Fsp3) is 1.00. The molecule has 0 aromatic carbocycles. The van der Waals surface area contributed by atoms with Crippen LogP contribution in [0.1, 0.15) is 99.8 Å². The fourth-order valence-corrected chi connectivity index (χ4v) is 5.34. The van der Waals surface area contributed by atoms with E-state index in [1.807, 2.05) is 0 Å². The summed E-state index contributed by atoms with van der Waals surface area (Å²) >= 11 is 0. The Hall–Kier alpha value is 0. The van der Waals surface area contributed by atoms with Crippen LogP contribution in [-0.4, -0.2) is 0 Å². The molecule has 0 nitrogen and oxygen atoms in total. The SMILES string of the molecule is CCCCCC(C)C(CC(C)CC(C)C)C1C(C)CC1CC. The molecule has 0 saturated heterocycles. The number of hydrogen-bond donors (Lipinski definition) is 0. The van der Waals surface area contributed by atoms with Gasteiger partial charge in [-0.25, -0.2) is 0 Å². The monoisotopic (exact) mass is 308 g/mol. The Kier molecular flexibility index (Phi) is 9.10. The van der Waals surface area contributed by atoms with Crippen LogP contribution in [0, 0.1) is 41.4 Å². The molecule has 0 bridgehead atoms. The van der Waals surface area contributed by atoms with Crippen molar-refractivity contribution >= 4 is 0 Å². The average molecular weight is 309 g/mol. The first-order valence-electron chi connectivity index (χ1n) is 10.4. The number of hydrogen-bond acceptors (Lipinski definition) is 0. The van der Waals surface area contributed by atoms with Crippen molar-refractivity contribution in [3.05, 3.63) is 0 Å². The van der Waals surface area contributed by atoms with Crippen LogP contribution >= 0.6 is 0 Å². The lowest BCUT2D eigenvalue weighted by Crippen LogP contribution is -2.42. The molecule has 1 saturated carbocycles. The average Bonchev–Trinajstić information content (AvgIpc) is 2.42. The van der Waals surface area contributed by atoms with Crippen LogP contribution in [0.2, 0.25) is 0 Å². The molecule has 1 rings (SSSR count). The lowest BCUT2D eigenvalue weighted by molar-refractivity contribution is -0.00918. The highest BCUT2D eigenvalue weighted by atomic mass is 14.5. The van der Waals surface area contributed by atoms with Gasteiger partial charge < -0.3 is 0 Å². The van der Waals surface area contributed by atoms with Gasteiger partial charge in [-0.2, -0.15) is 0 Å². The summed E-state index contributed by atoms with van der Waals surface area (Å²) < 4.78 is 0. The van der Waals surface area contributed by atoms with E-state index in [1.165, 1.54) is 51.4 Å². The van der Waals surface area contributed by atoms with Gasteiger partial charge in [0.2, 0.25) is 0 Å². The van der Waals surface area contributed by atoms with Crippen molar-refractivity contribution in [2.45, 2.75) is 99.8 Å². The standard InChI is InChI=1S/C22H44/c1-8-10-11-12-18(6)21(14-17(5)13-16(3)4)22-19(7)15-20(22)9-2/h16-22H,8-15H2,1-7H3. The molecule has 0 N–H and O–H groups in total. The summed E-state index contributed by atoms with van der Waals surface area (Å²) in [4.78, 5) is 0. The van der Waals surface area contributed by atoms with Crippen molar-refractivity contribution in [1.29, 1.82) is 0 Å². The number of unbranched alkanes of at least 4 members (excludes halogenated alkanes) is 2. The summed E-state index contributed by atoms with van der Waals surface area (Å²) in [5, 5.41) is 0. The normalized spacial score (nSPS) is 29.2. The molecule has 0 heterocycles. The molecule has 1 aliphatic rings. The zero-order chi connectivity index (χ0) is 16.7. The van der Waals surface area contributed by atoms with Crippen LogP contribution in [0.25, 0.3) is 0 Å². The highest BCUT2D eigenvalue weighted by molar-refractivity contribution is 4.92. The molecule has 0 amide bonds. The van der Waals surface area contributed by atoms with Gasteiger partial charge in [-0.1, -0.05) is 80.6 Å². The molecule has 0 heteroatoms. The summed E-state index contributed by atoms with van der Waals surface area (Å²) in [5.41, 5.74) is 0. The molecule has 1 fully saturated rings. The third kappa shape index (κ3) is 5.89. The largest absolute Gasteiger partial charge is 0.0654 e. The van der Waals surface area contributed by atoms with E-state index >= 15 is 0 Å². The second-order valence-corrected chi connectivity index (χ2v) is 9.07. The molecule has 22 heavy (non-hydrogen) atoms. The second-order valence-electron chi connectivity index (χ2n) is 9.07. The van der Waals surface area contributed by atoms with Crippen LogP contribution in [0.4, 0.5) is 0 Å². The Morgan fingerprint density at radius 2 is 1.64 bits per heavy atom. The van der Waals surface area contributed by atoms with Gasteiger partial charge >= 0.3 is 0 Å². The van der Waals surface area contributed by atoms with Crippen molar-refractivity contribution in [2.75, 3.05) is 0 Å². The van der Waals surface area contributed by atoms with Crippen molar-refractivity contribution in [1.82, 2.24) is 0 Å². The summed E-state index contributed by atoms with van der Waals surface area (Å²) in [7, 11) is 0. The van der Waals surface area contributed by atoms with Crippen LogP contribution < -0.4 is 0 Å². The lowest BCUT2D eigenvalue weighted by Gasteiger charge is -2.50. The lowest BCUT2D eigenvalue weighted by atomic mass is 9.55. The van der Waals surface area contributed by atoms with E-state index in [0.717, 1.165) is 41.4 Å². The van der Waals surface area contributed by atoms with Gasteiger partial charge in [0.05, 0.1) is 0 Å². The van der Waals surface area contributed by atoms with Crippen LogP contribution in [0.15, 0.2) is 0 Å². The van der Waals surface area contributed by atoms with Crippen molar-refractivity contribution in [2.24, 2.45) is 41.4 Å². The number of rotatable bonds is 11. The molecule has 6 atom stereocenters. The molecule has 0 aromatic heterocycles. The van der Waals surface area contributed by atoms with E-state index < -0.39 is 0 Å². The Balaban J connectivity index is 2.67. The smallest absolute Gasteiger partial charge is 0.0329 e. The van der Waals surface area contributed by atoms with Crippen LogP contribution in [0.5, 0.6) is 0 Å². The van der Waals surface area contributed by atoms with Gasteiger partial charge in [-0.3, -0.25) is 0 Å². The molecule has 132 valence electrons. The molecule has 1 aliphatic carbocycles. The molecule has 0 aromatic rings. The summed E-state index contributed by atoms with van der Waals surface area (Å²) in [6, 6.07) is 0. The maximum Gasteiger partial charge on any atom is -0.0329 e. The topological polar surface area (TPSA) is 0 Å². The first-order valence-corrected chi connectivity index (χ1v) is 10.4. The highest BCUT2D eigenvalue weighted by Gasteiger charge is 2.43. The van der Waals surface area contributed by atoms with Gasteiger partial charge in [0.1, 0.15) is 0 Å². The van der Waals surface area contributed by atoms with Gasteiger partial charge in [-0.15, -0.1) is 0 Å². The van der Waals surface area contributed by atoms with E-state index in [0.29, 0.717) is 0 Å².